The van der Waals surface area contributed by atoms with Crippen LogP contribution in [0.4, 0.5) is 4.79 Å². The third-order valence-corrected chi connectivity index (χ3v) is 12.2. The molecule has 2 aromatic rings. The fourth-order valence-corrected chi connectivity index (χ4v) is 9.07. The number of methoxy groups -OCH3 is 1. The highest BCUT2D eigenvalue weighted by atomic mass is 16.6. The second-order valence-corrected chi connectivity index (χ2v) is 16.2. The standard InChI is InChI=1S/C45H68N6O8/c1-6-23-56-25-27-58-29-30-59-28-26-57-24-20-46-43(52)37-13-15-38(16-14-37)44(53)48-40(36-10-8-7-9-11-36)18-22-50-33(2)12-17-39(50)31-34(3)51-35(4)47-41-32-49(45(54)55-5)21-19-42(41)51/h1,7-11,33-34,37-40H,12-32H2,2-5H3,(H,46,52)(H,48,53). The predicted molar refractivity (Wildman–Crippen MR) is 225 cm³/mol. The lowest BCUT2D eigenvalue weighted by atomic mass is 9.81. The zero-order valence-electron chi connectivity index (χ0n) is 35.8. The summed E-state index contributed by atoms with van der Waals surface area (Å²) >= 11 is 0. The van der Waals surface area contributed by atoms with Crippen LogP contribution in [0.25, 0.3) is 0 Å². The Morgan fingerprint density at radius 1 is 0.898 bits per heavy atom. The molecule has 1 saturated heterocycles. The first-order valence-electron chi connectivity index (χ1n) is 21.7. The van der Waals surface area contributed by atoms with E-state index >= 15 is 0 Å². The summed E-state index contributed by atoms with van der Waals surface area (Å²) in [6.45, 7) is 12.6. The van der Waals surface area contributed by atoms with E-state index in [1.807, 2.05) is 18.2 Å². The molecule has 1 aromatic carbocycles. The number of hydrogen-bond donors (Lipinski definition) is 2. The second kappa shape index (κ2) is 24.3. The molecule has 1 saturated carbocycles. The van der Waals surface area contributed by atoms with Crippen molar-refractivity contribution in [3.63, 3.8) is 0 Å². The molecular weight excluding hydrogens is 753 g/mol. The SMILES string of the molecule is C#CCOCCOCCOCCOCCNC(=O)C1CCC(C(=O)NC(CCN2C(C)CCC2CC(C)n2c(C)nc3c2CCN(C(=O)OC)C3)c2ccccc2)CC1. The number of aryl methyl sites for hydroxylation is 1. The van der Waals surface area contributed by atoms with E-state index in [0.717, 1.165) is 55.7 Å². The maximum absolute atomic E-state index is 13.8. The summed E-state index contributed by atoms with van der Waals surface area (Å²) in [5, 5.41) is 6.45. The van der Waals surface area contributed by atoms with Gasteiger partial charge in [-0.3, -0.25) is 14.5 Å². The highest BCUT2D eigenvalue weighted by Gasteiger charge is 2.35. The highest BCUT2D eigenvalue weighted by molar-refractivity contribution is 5.81. The zero-order chi connectivity index (χ0) is 42.0. The number of amides is 3. The van der Waals surface area contributed by atoms with Crippen molar-refractivity contribution in [3.05, 3.63) is 53.1 Å². The topological polar surface area (TPSA) is 146 Å². The molecule has 4 unspecified atom stereocenters. The minimum atomic E-state index is -0.306. The summed E-state index contributed by atoms with van der Waals surface area (Å²) in [6, 6.07) is 11.4. The minimum Gasteiger partial charge on any atom is -0.453 e. The highest BCUT2D eigenvalue weighted by Crippen LogP contribution is 2.34. The quantitative estimate of drug-likeness (QED) is 0.116. The number of terminal acetylenes is 1. The fraction of sp³-hybridized carbons (Fsp3) is 0.689. The Morgan fingerprint density at radius 3 is 2.20 bits per heavy atom. The van der Waals surface area contributed by atoms with E-state index in [9.17, 15) is 14.4 Å². The Bertz CT molecular complexity index is 1640. The van der Waals surface area contributed by atoms with Gasteiger partial charge < -0.3 is 43.8 Å². The van der Waals surface area contributed by atoms with Gasteiger partial charge in [0.05, 0.1) is 71.6 Å². The van der Waals surface area contributed by atoms with E-state index in [2.05, 4.69) is 58.9 Å². The van der Waals surface area contributed by atoms with E-state index < -0.39 is 0 Å². The Hall–Kier alpha value is -4.00. The van der Waals surface area contributed by atoms with Crippen LogP contribution < -0.4 is 10.6 Å². The number of carbonyl (C=O) groups is 3. The van der Waals surface area contributed by atoms with E-state index in [1.54, 1.807) is 4.90 Å². The van der Waals surface area contributed by atoms with Crippen LogP contribution in [-0.4, -0.2) is 129 Å². The van der Waals surface area contributed by atoms with Gasteiger partial charge in [-0.25, -0.2) is 9.78 Å². The van der Waals surface area contributed by atoms with E-state index in [-0.39, 0.29) is 48.4 Å². The first kappa shape index (κ1) is 46.1. The number of rotatable bonds is 23. The Balaban J connectivity index is 1.03. The van der Waals surface area contributed by atoms with Crippen molar-refractivity contribution < 1.29 is 38.1 Å². The van der Waals surface area contributed by atoms with Crippen molar-refractivity contribution in [3.8, 4) is 12.3 Å². The third-order valence-electron chi connectivity index (χ3n) is 12.2. The largest absolute Gasteiger partial charge is 0.453 e. The molecule has 5 rings (SSSR count). The molecule has 1 aromatic heterocycles. The lowest BCUT2D eigenvalue weighted by Gasteiger charge is -2.34. The molecule has 3 aliphatic rings. The van der Waals surface area contributed by atoms with Crippen LogP contribution in [-0.2, 0) is 46.2 Å². The molecule has 1 aliphatic carbocycles. The molecule has 2 fully saturated rings. The summed E-state index contributed by atoms with van der Waals surface area (Å²) < 4.78 is 29.0. The average molecular weight is 821 g/mol. The van der Waals surface area contributed by atoms with E-state index in [0.29, 0.717) is 104 Å². The fourth-order valence-electron chi connectivity index (χ4n) is 9.07. The van der Waals surface area contributed by atoms with Crippen LogP contribution >= 0.6 is 0 Å². The number of hydrogen-bond acceptors (Lipinski definition) is 10. The summed E-state index contributed by atoms with van der Waals surface area (Å²) in [5.41, 5.74) is 3.32. The van der Waals surface area contributed by atoms with Gasteiger partial charge in [0.1, 0.15) is 12.4 Å². The van der Waals surface area contributed by atoms with Gasteiger partial charge in [-0.15, -0.1) is 6.42 Å². The molecule has 59 heavy (non-hydrogen) atoms. The number of fused-ring (bicyclic) bond motifs is 1. The van der Waals surface area contributed by atoms with Crippen molar-refractivity contribution in [2.24, 2.45) is 11.8 Å². The Labute approximate surface area is 351 Å². The number of imidazole rings is 1. The van der Waals surface area contributed by atoms with Crippen LogP contribution in [0, 0.1) is 31.1 Å². The van der Waals surface area contributed by atoms with Gasteiger partial charge in [-0.2, -0.15) is 0 Å². The maximum atomic E-state index is 13.8. The third kappa shape index (κ3) is 13.8. The second-order valence-electron chi connectivity index (χ2n) is 16.2. The van der Waals surface area contributed by atoms with Crippen molar-refractivity contribution in [1.82, 2.24) is 30.0 Å². The van der Waals surface area contributed by atoms with Crippen molar-refractivity contribution in [2.45, 2.75) is 109 Å². The summed E-state index contributed by atoms with van der Waals surface area (Å²) in [5.74, 6) is 3.32. The number of nitrogens with zero attached hydrogens (tertiary/aromatic N) is 4. The van der Waals surface area contributed by atoms with Gasteiger partial charge in [0, 0.05) is 61.7 Å². The summed E-state index contributed by atoms with van der Waals surface area (Å²) in [7, 11) is 1.42. The molecule has 0 spiro atoms. The molecule has 14 nitrogen and oxygen atoms in total. The molecule has 0 bridgehead atoms. The Morgan fingerprint density at radius 2 is 1.54 bits per heavy atom. The number of carbonyl (C=O) groups excluding carboxylic acids is 3. The van der Waals surface area contributed by atoms with Gasteiger partial charge in [0.2, 0.25) is 11.8 Å². The first-order chi connectivity index (χ1) is 28.7. The molecule has 3 amide bonds. The van der Waals surface area contributed by atoms with Gasteiger partial charge in [0.15, 0.2) is 0 Å². The van der Waals surface area contributed by atoms with Crippen LogP contribution in [0.2, 0.25) is 0 Å². The van der Waals surface area contributed by atoms with Crippen LogP contribution in [0.5, 0.6) is 0 Å². The van der Waals surface area contributed by atoms with Crippen LogP contribution in [0.3, 0.4) is 0 Å². The molecule has 2 N–H and O–H groups in total. The van der Waals surface area contributed by atoms with Gasteiger partial charge >= 0.3 is 6.09 Å². The lowest BCUT2D eigenvalue weighted by Crippen LogP contribution is -2.41. The zero-order valence-corrected chi connectivity index (χ0v) is 35.8. The molecule has 14 heteroatoms. The number of benzene rings is 1. The lowest BCUT2D eigenvalue weighted by molar-refractivity contribution is -0.131. The van der Waals surface area contributed by atoms with E-state index in [4.69, 9.17) is 35.1 Å². The number of ether oxygens (including phenoxy) is 5. The number of likely N-dealkylation sites (tertiary alicyclic amines) is 1. The van der Waals surface area contributed by atoms with Crippen LogP contribution in [0.1, 0.15) is 100 Å². The number of nitrogens with one attached hydrogen (secondary N) is 2. The van der Waals surface area contributed by atoms with Gasteiger partial charge in [-0.1, -0.05) is 36.3 Å². The number of aromatic nitrogens is 2. The predicted octanol–water partition coefficient (Wildman–Crippen LogP) is 4.99. The molecule has 326 valence electrons. The van der Waals surface area contributed by atoms with Gasteiger partial charge in [0.25, 0.3) is 0 Å². The first-order valence-corrected chi connectivity index (χ1v) is 21.7. The monoisotopic (exact) mass is 821 g/mol. The van der Waals surface area contributed by atoms with Crippen LogP contribution in [0.15, 0.2) is 30.3 Å². The van der Waals surface area contributed by atoms with Crippen molar-refractivity contribution >= 4 is 17.9 Å². The molecule has 3 heterocycles. The van der Waals surface area contributed by atoms with Crippen molar-refractivity contribution in [2.75, 3.05) is 79.6 Å². The normalized spacial score (nSPS) is 21.6. The van der Waals surface area contributed by atoms with E-state index in [1.165, 1.54) is 12.8 Å². The molecular formula is C45H68N6O8. The molecule has 0 radical (unpaired) electrons. The maximum Gasteiger partial charge on any atom is 0.409 e. The summed E-state index contributed by atoms with van der Waals surface area (Å²) in [4.78, 5) is 48.2. The Kier molecular flexibility index (Phi) is 19.0. The smallest absolute Gasteiger partial charge is 0.409 e. The molecule has 4 atom stereocenters. The van der Waals surface area contributed by atoms with Crippen molar-refractivity contribution in [1.29, 1.82) is 0 Å². The molecule has 2 aliphatic heterocycles. The minimum absolute atomic E-state index is 0.0335. The summed E-state index contributed by atoms with van der Waals surface area (Å²) in [6.07, 6.45) is 12.5. The average Bonchev–Trinajstić information content (AvgIpc) is 3.78. The van der Waals surface area contributed by atoms with Gasteiger partial charge in [-0.05, 0) is 77.7 Å².